The highest BCUT2D eigenvalue weighted by molar-refractivity contribution is 6.06. The van der Waals surface area contributed by atoms with Crippen molar-refractivity contribution in [3.63, 3.8) is 0 Å². The van der Waals surface area contributed by atoms with Crippen LogP contribution in [0.5, 0.6) is 5.75 Å². The molecule has 100 valence electrons. The fraction of sp³-hybridized carbons (Fsp3) is 0.118. The fourth-order valence-corrected chi connectivity index (χ4v) is 2.57. The molecule has 0 amide bonds. The predicted molar refractivity (Wildman–Crippen MR) is 80.4 cm³/mol. The molecule has 20 heavy (non-hydrogen) atoms. The van der Waals surface area contributed by atoms with Crippen LogP contribution in [0.25, 0.3) is 22.2 Å². The molecule has 3 nitrogen and oxygen atoms in total. The smallest absolute Gasteiger partial charge is 0.152 e. The zero-order valence-corrected chi connectivity index (χ0v) is 11.4. The van der Waals surface area contributed by atoms with Crippen molar-refractivity contribution in [1.82, 2.24) is 4.98 Å². The Morgan fingerprint density at radius 3 is 2.60 bits per heavy atom. The molecule has 1 heterocycles. The Morgan fingerprint density at radius 1 is 1.10 bits per heavy atom. The molecular weight excluding hydrogens is 250 g/mol. The molecule has 3 rings (SSSR count). The number of carbonyl (C=O) groups is 1. The Hall–Kier alpha value is -2.55. The molecule has 0 aliphatic carbocycles. The summed E-state index contributed by atoms with van der Waals surface area (Å²) in [5.74, 6) is 0.741. The first-order valence-corrected chi connectivity index (χ1v) is 6.46. The van der Waals surface area contributed by atoms with E-state index in [9.17, 15) is 4.79 Å². The van der Waals surface area contributed by atoms with Gasteiger partial charge in [-0.25, -0.2) is 0 Å². The van der Waals surface area contributed by atoms with E-state index in [2.05, 4.69) is 4.98 Å². The second-order valence-corrected chi connectivity index (χ2v) is 4.73. The molecule has 0 aliphatic heterocycles. The second-order valence-electron chi connectivity index (χ2n) is 4.73. The van der Waals surface area contributed by atoms with E-state index in [1.54, 1.807) is 7.11 Å². The van der Waals surface area contributed by atoms with Gasteiger partial charge in [0, 0.05) is 16.5 Å². The number of H-pyrrole nitrogens is 1. The van der Waals surface area contributed by atoms with Crippen molar-refractivity contribution in [3.8, 4) is 17.0 Å². The largest absolute Gasteiger partial charge is 0.495 e. The maximum absolute atomic E-state index is 11.5. The lowest BCUT2D eigenvalue weighted by Crippen LogP contribution is -1.87. The maximum atomic E-state index is 11.5. The molecule has 2 aromatic carbocycles. The minimum Gasteiger partial charge on any atom is -0.495 e. The zero-order chi connectivity index (χ0) is 14.1. The van der Waals surface area contributed by atoms with Gasteiger partial charge >= 0.3 is 0 Å². The average Bonchev–Trinajstić information content (AvgIpc) is 2.85. The molecular formula is C17H15NO2. The first kappa shape index (κ1) is 12.5. The lowest BCUT2D eigenvalue weighted by molar-refractivity contribution is 0.112. The molecule has 1 aromatic heterocycles. The number of aromatic amines is 1. The van der Waals surface area contributed by atoms with Crippen LogP contribution in [0.2, 0.25) is 0 Å². The van der Waals surface area contributed by atoms with Crippen LogP contribution < -0.4 is 4.74 Å². The number of hydrogen-bond donors (Lipinski definition) is 1. The number of aryl methyl sites for hydroxylation is 1. The van der Waals surface area contributed by atoms with Gasteiger partial charge in [0.05, 0.1) is 18.3 Å². The summed E-state index contributed by atoms with van der Waals surface area (Å²) in [5, 5.41) is 0.887. The molecule has 3 heteroatoms. The lowest BCUT2D eigenvalue weighted by atomic mass is 10.0. The third-order valence-corrected chi connectivity index (χ3v) is 3.59. The van der Waals surface area contributed by atoms with Crippen LogP contribution in [0, 0.1) is 6.92 Å². The van der Waals surface area contributed by atoms with Crippen LogP contribution in [0.15, 0.2) is 42.5 Å². The quantitative estimate of drug-likeness (QED) is 0.728. The third kappa shape index (κ3) is 1.79. The number of hydrogen-bond acceptors (Lipinski definition) is 2. The SMILES string of the molecule is COc1cccc2c(C=O)c(-c3ccccc3C)[nH]c12. The summed E-state index contributed by atoms with van der Waals surface area (Å²) in [5.41, 5.74) is 4.54. The van der Waals surface area contributed by atoms with Gasteiger partial charge in [0.1, 0.15) is 5.75 Å². The molecule has 0 radical (unpaired) electrons. The molecule has 0 unspecified atom stereocenters. The Kier molecular flexibility index (Phi) is 3.03. The van der Waals surface area contributed by atoms with E-state index in [0.29, 0.717) is 5.56 Å². The van der Waals surface area contributed by atoms with Gasteiger partial charge in [-0.05, 0) is 18.6 Å². The Balaban J connectivity index is 2.37. The van der Waals surface area contributed by atoms with Gasteiger partial charge in [-0.2, -0.15) is 0 Å². The first-order chi connectivity index (χ1) is 9.76. The molecule has 0 spiro atoms. The molecule has 1 N–H and O–H groups in total. The number of methoxy groups -OCH3 is 1. The fourth-order valence-electron chi connectivity index (χ4n) is 2.57. The van der Waals surface area contributed by atoms with E-state index in [1.807, 2.05) is 49.4 Å². The van der Waals surface area contributed by atoms with E-state index in [4.69, 9.17) is 4.74 Å². The maximum Gasteiger partial charge on any atom is 0.152 e. The van der Waals surface area contributed by atoms with Crippen molar-refractivity contribution in [3.05, 3.63) is 53.6 Å². The number of ether oxygens (including phenoxy) is 1. The Morgan fingerprint density at radius 2 is 1.90 bits per heavy atom. The monoisotopic (exact) mass is 265 g/mol. The minimum absolute atomic E-state index is 0.674. The number of rotatable bonds is 3. The summed E-state index contributed by atoms with van der Waals surface area (Å²) in [6, 6.07) is 13.7. The molecule has 0 saturated heterocycles. The number of nitrogens with one attached hydrogen (secondary N) is 1. The zero-order valence-electron chi connectivity index (χ0n) is 11.4. The summed E-state index contributed by atoms with van der Waals surface area (Å²) < 4.78 is 5.36. The van der Waals surface area contributed by atoms with Gasteiger partial charge in [-0.3, -0.25) is 4.79 Å². The standard InChI is InChI=1S/C17H15NO2/c1-11-6-3-4-7-12(11)16-14(10-19)13-8-5-9-15(20-2)17(13)18-16/h3-10,18H,1-2H3. The molecule has 0 atom stereocenters. The Labute approximate surface area is 117 Å². The molecule has 3 aromatic rings. The molecule has 0 aliphatic rings. The summed E-state index contributed by atoms with van der Waals surface area (Å²) in [6.45, 7) is 2.03. The highest BCUT2D eigenvalue weighted by Gasteiger charge is 2.16. The number of aldehydes is 1. The van der Waals surface area contributed by atoms with Crippen LogP contribution in [-0.4, -0.2) is 18.4 Å². The van der Waals surface area contributed by atoms with Crippen molar-refractivity contribution >= 4 is 17.2 Å². The van der Waals surface area contributed by atoms with Crippen LogP contribution in [0.3, 0.4) is 0 Å². The van der Waals surface area contributed by atoms with E-state index in [-0.39, 0.29) is 0 Å². The van der Waals surface area contributed by atoms with Gasteiger partial charge in [0.15, 0.2) is 6.29 Å². The van der Waals surface area contributed by atoms with Gasteiger partial charge in [0.2, 0.25) is 0 Å². The van der Waals surface area contributed by atoms with Crippen LogP contribution in [0.1, 0.15) is 15.9 Å². The molecule has 0 bridgehead atoms. The van der Waals surface area contributed by atoms with Gasteiger partial charge < -0.3 is 9.72 Å². The number of carbonyl (C=O) groups excluding carboxylic acids is 1. The van der Waals surface area contributed by atoms with E-state index >= 15 is 0 Å². The van der Waals surface area contributed by atoms with Gasteiger partial charge in [0.25, 0.3) is 0 Å². The highest BCUT2D eigenvalue weighted by Crippen LogP contribution is 2.34. The summed E-state index contributed by atoms with van der Waals surface area (Å²) >= 11 is 0. The second kappa shape index (κ2) is 4.85. The van der Waals surface area contributed by atoms with E-state index < -0.39 is 0 Å². The van der Waals surface area contributed by atoms with Crippen molar-refractivity contribution < 1.29 is 9.53 Å². The molecule has 0 saturated carbocycles. The number of benzene rings is 2. The Bertz CT molecular complexity index is 787. The highest BCUT2D eigenvalue weighted by atomic mass is 16.5. The third-order valence-electron chi connectivity index (χ3n) is 3.59. The van der Waals surface area contributed by atoms with Crippen LogP contribution >= 0.6 is 0 Å². The number of aromatic nitrogens is 1. The van der Waals surface area contributed by atoms with E-state index in [0.717, 1.165) is 39.8 Å². The van der Waals surface area contributed by atoms with Crippen molar-refractivity contribution in [2.75, 3.05) is 7.11 Å². The lowest BCUT2D eigenvalue weighted by Gasteiger charge is -2.04. The van der Waals surface area contributed by atoms with E-state index in [1.165, 1.54) is 0 Å². The topological polar surface area (TPSA) is 42.1 Å². The van der Waals surface area contributed by atoms with Gasteiger partial charge in [-0.1, -0.05) is 36.4 Å². The first-order valence-electron chi connectivity index (χ1n) is 6.46. The normalized spacial score (nSPS) is 10.7. The summed E-state index contributed by atoms with van der Waals surface area (Å²) in [4.78, 5) is 14.9. The van der Waals surface area contributed by atoms with Gasteiger partial charge in [-0.15, -0.1) is 0 Å². The van der Waals surface area contributed by atoms with Crippen molar-refractivity contribution in [2.24, 2.45) is 0 Å². The predicted octanol–water partition coefficient (Wildman–Crippen LogP) is 3.96. The van der Waals surface area contributed by atoms with Crippen LogP contribution in [0.4, 0.5) is 0 Å². The minimum atomic E-state index is 0.674. The molecule has 0 fully saturated rings. The van der Waals surface area contributed by atoms with Crippen molar-refractivity contribution in [1.29, 1.82) is 0 Å². The average molecular weight is 265 g/mol. The number of fused-ring (bicyclic) bond motifs is 1. The summed E-state index contributed by atoms with van der Waals surface area (Å²) in [7, 11) is 1.63. The van der Waals surface area contributed by atoms with Crippen LogP contribution in [-0.2, 0) is 0 Å². The van der Waals surface area contributed by atoms with Crippen molar-refractivity contribution in [2.45, 2.75) is 6.92 Å². The summed E-state index contributed by atoms with van der Waals surface area (Å²) in [6.07, 6.45) is 0.903. The number of para-hydroxylation sites is 1.